The van der Waals surface area contributed by atoms with Gasteiger partial charge in [0.2, 0.25) is 11.7 Å². The number of nitrogens with zero attached hydrogens (tertiary/aromatic N) is 3. The van der Waals surface area contributed by atoms with Crippen LogP contribution in [0.4, 0.5) is 18.9 Å². The first kappa shape index (κ1) is 17.3. The molecule has 1 atom stereocenters. The van der Waals surface area contributed by atoms with Crippen LogP contribution in [0.2, 0.25) is 0 Å². The van der Waals surface area contributed by atoms with E-state index in [4.69, 9.17) is 0 Å². The maximum atomic E-state index is 12.7. The van der Waals surface area contributed by atoms with E-state index < -0.39 is 17.3 Å². The van der Waals surface area contributed by atoms with Gasteiger partial charge in [0.15, 0.2) is 5.16 Å². The van der Waals surface area contributed by atoms with Gasteiger partial charge >= 0.3 is 6.18 Å². The molecule has 124 valence electrons. The Balaban J connectivity index is 2.04. The molecule has 0 unspecified atom stereocenters. The molecule has 0 spiro atoms. The number of alkyl halides is 3. The zero-order valence-corrected chi connectivity index (χ0v) is 13.5. The van der Waals surface area contributed by atoms with Gasteiger partial charge in [-0.1, -0.05) is 29.5 Å². The summed E-state index contributed by atoms with van der Waals surface area (Å²) in [5.41, 5.74) is 1.69. The van der Waals surface area contributed by atoms with Gasteiger partial charge in [0, 0.05) is 12.7 Å². The molecule has 9 heteroatoms. The Morgan fingerprint density at radius 2 is 1.87 bits per heavy atom. The molecule has 0 saturated heterocycles. The van der Waals surface area contributed by atoms with Crippen LogP contribution in [-0.4, -0.2) is 25.9 Å². The number of halogens is 3. The molecule has 1 heterocycles. The quantitative estimate of drug-likeness (QED) is 0.865. The summed E-state index contributed by atoms with van der Waals surface area (Å²) in [4.78, 5) is 12.1. The summed E-state index contributed by atoms with van der Waals surface area (Å²) >= 11 is 0.915. The SMILES string of the molecule is Cc1ccc(NC(=O)[C@@H](C)Sc2nnc(C(F)(F)F)n2C)cc1. The predicted molar refractivity (Wildman–Crippen MR) is 81.1 cm³/mol. The monoisotopic (exact) mass is 344 g/mol. The van der Waals surface area contributed by atoms with Crippen molar-refractivity contribution in [2.75, 3.05) is 5.32 Å². The third-order valence-electron chi connectivity index (χ3n) is 3.06. The minimum atomic E-state index is -4.58. The highest BCUT2D eigenvalue weighted by Gasteiger charge is 2.37. The molecule has 2 rings (SSSR count). The number of anilines is 1. The summed E-state index contributed by atoms with van der Waals surface area (Å²) in [5.74, 6) is -1.42. The molecule has 1 N–H and O–H groups in total. The van der Waals surface area contributed by atoms with Crippen LogP contribution in [0.3, 0.4) is 0 Å². The molecule has 0 aliphatic rings. The van der Waals surface area contributed by atoms with Crippen molar-refractivity contribution in [1.82, 2.24) is 14.8 Å². The van der Waals surface area contributed by atoms with Gasteiger partial charge in [-0.2, -0.15) is 13.2 Å². The first-order chi connectivity index (χ1) is 10.7. The molecule has 23 heavy (non-hydrogen) atoms. The van der Waals surface area contributed by atoms with Crippen molar-refractivity contribution in [3.05, 3.63) is 35.7 Å². The van der Waals surface area contributed by atoms with E-state index in [2.05, 4.69) is 15.5 Å². The number of carbonyl (C=O) groups is 1. The number of carbonyl (C=O) groups excluding carboxylic acids is 1. The zero-order valence-electron chi connectivity index (χ0n) is 12.7. The Kier molecular flexibility index (Phi) is 4.98. The van der Waals surface area contributed by atoms with E-state index in [0.717, 1.165) is 21.9 Å². The lowest BCUT2D eigenvalue weighted by molar-refractivity contribution is -0.147. The van der Waals surface area contributed by atoms with E-state index in [1.165, 1.54) is 7.05 Å². The van der Waals surface area contributed by atoms with Gasteiger partial charge in [-0.3, -0.25) is 4.79 Å². The lowest BCUT2D eigenvalue weighted by Gasteiger charge is -2.12. The van der Waals surface area contributed by atoms with Crippen LogP contribution in [0.5, 0.6) is 0 Å². The molecule has 0 aliphatic heterocycles. The Labute approximate surface area is 135 Å². The average Bonchev–Trinajstić information content (AvgIpc) is 2.82. The van der Waals surface area contributed by atoms with Crippen LogP contribution >= 0.6 is 11.8 Å². The van der Waals surface area contributed by atoms with Crippen molar-refractivity contribution in [2.24, 2.45) is 7.05 Å². The van der Waals surface area contributed by atoms with Crippen LogP contribution < -0.4 is 5.32 Å². The zero-order chi connectivity index (χ0) is 17.2. The number of thioether (sulfide) groups is 1. The van der Waals surface area contributed by atoms with Crippen molar-refractivity contribution in [1.29, 1.82) is 0 Å². The summed E-state index contributed by atoms with van der Waals surface area (Å²) in [6.45, 7) is 3.52. The van der Waals surface area contributed by atoms with Gasteiger partial charge in [0.05, 0.1) is 5.25 Å². The van der Waals surface area contributed by atoms with Crippen LogP contribution in [-0.2, 0) is 18.0 Å². The third-order valence-corrected chi connectivity index (χ3v) is 4.19. The Morgan fingerprint density at radius 3 is 2.39 bits per heavy atom. The second-order valence-electron chi connectivity index (χ2n) is 4.98. The molecule has 2 aromatic rings. The van der Waals surface area contributed by atoms with Gasteiger partial charge in [-0.05, 0) is 26.0 Å². The fourth-order valence-corrected chi connectivity index (χ4v) is 2.57. The highest BCUT2D eigenvalue weighted by molar-refractivity contribution is 8.00. The lowest BCUT2D eigenvalue weighted by atomic mass is 10.2. The topological polar surface area (TPSA) is 59.8 Å². The van der Waals surface area contributed by atoms with Crippen molar-refractivity contribution < 1.29 is 18.0 Å². The summed E-state index contributed by atoms with van der Waals surface area (Å²) < 4.78 is 38.8. The molecule has 1 aromatic carbocycles. The van der Waals surface area contributed by atoms with E-state index in [1.54, 1.807) is 19.1 Å². The van der Waals surface area contributed by atoms with E-state index in [9.17, 15) is 18.0 Å². The Morgan fingerprint density at radius 1 is 1.26 bits per heavy atom. The van der Waals surface area contributed by atoms with Gasteiger partial charge in [0.1, 0.15) is 0 Å². The fourth-order valence-electron chi connectivity index (χ4n) is 1.76. The molecule has 1 amide bonds. The molecule has 0 bridgehead atoms. The fraction of sp³-hybridized carbons (Fsp3) is 0.357. The number of rotatable bonds is 4. The first-order valence-corrected chi connectivity index (χ1v) is 7.57. The molecule has 0 aliphatic carbocycles. The van der Waals surface area contributed by atoms with Crippen LogP contribution in [0.25, 0.3) is 0 Å². The predicted octanol–water partition coefficient (Wildman–Crippen LogP) is 3.26. The molecule has 0 radical (unpaired) electrons. The number of aryl methyl sites for hydroxylation is 1. The van der Waals surface area contributed by atoms with Crippen LogP contribution in [0.15, 0.2) is 29.4 Å². The minimum absolute atomic E-state index is 0.0314. The number of hydrogen-bond acceptors (Lipinski definition) is 4. The van der Waals surface area contributed by atoms with Gasteiger partial charge < -0.3 is 9.88 Å². The highest BCUT2D eigenvalue weighted by Crippen LogP contribution is 2.30. The summed E-state index contributed by atoms with van der Waals surface area (Å²) in [6, 6.07) is 7.22. The largest absolute Gasteiger partial charge is 0.451 e. The standard InChI is InChI=1S/C14H15F3N4OS/c1-8-4-6-10(7-5-8)18-11(22)9(2)23-13-20-19-12(21(13)3)14(15,16)17/h4-7,9H,1-3H3,(H,18,22)/t9-/m1/s1. The van der Waals surface area contributed by atoms with E-state index in [-0.39, 0.29) is 11.1 Å². The van der Waals surface area contributed by atoms with Crippen molar-refractivity contribution in [3.8, 4) is 0 Å². The van der Waals surface area contributed by atoms with Crippen molar-refractivity contribution in [2.45, 2.75) is 30.4 Å². The van der Waals surface area contributed by atoms with E-state index in [1.807, 2.05) is 19.1 Å². The Bertz CT molecular complexity index is 697. The van der Waals surface area contributed by atoms with Gasteiger partial charge in [-0.15, -0.1) is 10.2 Å². The van der Waals surface area contributed by atoms with Gasteiger partial charge in [-0.25, -0.2) is 0 Å². The molecular weight excluding hydrogens is 329 g/mol. The van der Waals surface area contributed by atoms with E-state index in [0.29, 0.717) is 5.69 Å². The number of hydrogen-bond donors (Lipinski definition) is 1. The highest BCUT2D eigenvalue weighted by atomic mass is 32.2. The first-order valence-electron chi connectivity index (χ1n) is 6.69. The second-order valence-corrected chi connectivity index (χ2v) is 6.29. The average molecular weight is 344 g/mol. The van der Waals surface area contributed by atoms with Gasteiger partial charge in [0.25, 0.3) is 0 Å². The number of nitrogens with one attached hydrogen (secondary N) is 1. The molecule has 5 nitrogen and oxygen atoms in total. The summed E-state index contributed by atoms with van der Waals surface area (Å²) in [5, 5.41) is 8.74. The van der Waals surface area contributed by atoms with Crippen molar-refractivity contribution in [3.63, 3.8) is 0 Å². The minimum Gasteiger partial charge on any atom is -0.325 e. The van der Waals surface area contributed by atoms with E-state index >= 15 is 0 Å². The van der Waals surface area contributed by atoms with Crippen molar-refractivity contribution >= 4 is 23.4 Å². The van der Waals surface area contributed by atoms with Crippen LogP contribution in [0, 0.1) is 6.92 Å². The summed E-state index contributed by atoms with van der Waals surface area (Å²) in [7, 11) is 1.22. The molecular formula is C14H15F3N4OS. The molecule has 1 aromatic heterocycles. The maximum absolute atomic E-state index is 12.7. The number of amides is 1. The normalized spacial score (nSPS) is 13.0. The third kappa shape index (κ3) is 4.25. The molecule has 0 saturated carbocycles. The molecule has 0 fully saturated rings. The summed E-state index contributed by atoms with van der Waals surface area (Å²) in [6.07, 6.45) is -4.58. The lowest BCUT2D eigenvalue weighted by Crippen LogP contribution is -2.23. The number of aromatic nitrogens is 3. The van der Waals surface area contributed by atoms with Crippen LogP contribution in [0.1, 0.15) is 18.3 Å². The smallest absolute Gasteiger partial charge is 0.325 e. The number of benzene rings is 1. The second kappa shape index (κ2) is 6.61. The maximum Gasteiger partial charge on any atom is 0.451 e. The Hall–Kier alpha value is -2.03.